The number of rotatable bonds is 7. The van der Waals surface area contributed by atoms with Gasteiger partial charge in [-0.3, -0.25) is 10.1 Å². The van der Waals surface area contributed by atoms with E-state index in [1.807, 2.05) is 36.3 Å². The van der Waals surface area contributed by atoms with Crippen molar-refractivity contribution in [2.75, 3.05) is 37.5 Å². The third-order valence-electron chi connectivity index (χ3n) is 6.39. The molecular formula is C25H26N6O4. The topological polar surface area (TPSA) is 108 Å². The minimum Gasteiger partial charge on any atom is -0.494 e. The molecular weight excluding hydrogens is 448 g/mol. The molecule has 1 fully saturated rings. The number of ether oxygens (including phenoxy) is 2. The predicted octanol–water partition coefficient (Wildman–Crippen LogP) is 4.52. The van der Waals surface area contributed by atoms with Gasteiger partial charge in [-0.2, -0.15) is 0 Å². The van der Waals surface area contributed by atoms with Crippen molar-refractivity contribution in [1.82, 2.24) is 14.5 Å². The quantitative estimate of drug-likeness (QED) is 0.308. The van der Waals surface area contributed by atoms with E-state index in [2.05, 4.69) is 32.0 Å². The standard InChI is InChI=1S/C25H26N6O4/c1-29-15-18(17-6-4-5-7-21(17)29)19-8-10-26-25(27-19)28-20-12-23(31(32)33)22(13-24(20)35-3)30-11-9-16(14-30)34-2/h4-8,10,12-13,15-16H,9,11,14H2,1-3H3,(H,26,27,28). The van der Waals surface area contributed by atoms with Gasteiger partial charge in [-0.05, 0) is 18.6 Å². The van der Waals surface area contributed by atoms with Crippen molar-refractivity contribution in [3.05, 3.63) is 65.0 Å². The molecule has 2 aromatic heterocycles. The van der Waals surface area contributed by atoms with Gasteiger partial charge >= 0.3 is 0 Å². The first-order valence-corrected chi connectivity index (χ1v) is 11.3. The Morgan fingerprint density at radius 2 is 2.03 bits per heavy atom. The second-order valence-electron chi connectivity index (χ2n) is 8.45. The van der Waals surface area contributed by atoms with E-state index < -0.39 is 0 Å². The fourth-order valence-corrected chi connectivity index (χ4v) is 4.60. The molecule has 1 unspecified atom stereocenters. The monoisotopic (exact) mass is 474 g/mol. The maximum absolute atomic E-state index is 11.9. The molecule has 3 heterocycles. The molecule has 0 saturated carbocycles. The van der Waals surface area contributed by atoms with Gasteiger partial charge in [0.15, 0.2) is 0 Å². The highest BCUT2D eigenvalue weighted by molar-refractivity contribution is 5.95. The van der Waals surface area contributed by atoms with E-state index in [-0.39, 0.29) is 16.7 Å². The summed E-state index contributed by atoms with van der Waals surface area (Å²) >= 11 is 0. The van der Waals surface area contributed by atoms with E-state index in [4.69, 9.17) is 9.47 Å². The van der Waals surface area contributed by atoms with Crippen LogP contribution >= 0.6 is 0 Å². The van der Waals surface area contributed by atoms with Crippen molar-refractivity contribution in [2.24, 2.45) is 7.05 Å². The van der Waals surface area contributed by atoms with Gasteiger partial charge < -0.3 is 24.3 Å². The van der Waals surface area contributed by atoms with Gasteiger partial charge in [0.25, 0.3) is 5.69 Å². The first-order valence-electron chi connectivity index (χ1n) is 11.3. The summed E-state index contributed by atoms with van der Waals surface area (Å²) in [5.74, 6) is 0.780. The Morgan fingerprint density at radius 1 is 1.20 bits per heavy atom. The number of nitro benzene ring substituents is 1. The zero-order valence-electron chi connectivity index (χ0n) is 19.8. The number of hydrogen-bond donors (Lipinski definition) is 1. The van der Waals surface area contributed by atoms with E-state index >= 15 is 0 Å². The first-order chi connectivity index (χ1) is 17.0. The molecule has 0 spiro atoms. The Balaban J connectivity index is 1.50. The molecule has 4 aromatic rings. The minimum atomic E-state index is -0.381. The van der Waals surface area contributed by atoms with Crippen molar-refractivity contribution in [3.63, 3.8) is 0 Å². The summed E-state index contributed by atoms with van der Waals surface area (Å²) in [6, 6.07) is 13.1. The van der Waals surface area contributed by atoms with E-state index in [1.54, 1.807) is 19.4 Å². The first kappa shape index (κ1) is 22.6. The minimum absolute atomic E-state index is 0.0183. The Labute approximate surface area is 202 Å². The third kappa shape index (κ3) is 4.24. The molecule has 5 rings (SSSR count). The number of aromatic nitrogens is 3. The van der Waals surface area contributed by atoms with Crippen LogP contribution in [0.2, 0.25) is 0 Å². The summed E-state index contributed by atoms with van der Waals surface area (Å²) in [7, 11) is 5.18. The number of nitrogens with one attached hydrogen (secondary N) is 1. The Bertz CT molecular complexity index is 1400. The van der Waals surface area contributed by atoms with Crippen LogP contribution < -0.4 is 15.0 Å². The fourth-order valence-electron chi connectivity index (χ4n) is 4.60. The molecule has 180 valence electrons. The number of methoxy groups -OCH3 is 2. The van der Waals surface area contributed by atoms with Crippen LogP contribution in [0.4, 0.5) is 23.0 Å². The second-order valence-corrected chi connectivity index (χ2v) is 8.45. The smallest absolute Gasteiger partial charge is 0.294 e. The number of nitro groups is 1. The molecule has 1 aliphatic heterocycles. The van der Waals surface area contributed by atoms with Crippen LogP contribution in [0.3, 0.4) is 0 Å². The van der Waals surface area contributed by atoms with Gasteiger partial charge in [0.1, 0.15) is 11.4 Å². The molecule has 1 N–H and O–H groups in total. The Kier molecular flexibility index (Phi) is 5.96. The summed E-state index contributed by atoms with van der Waals surface area (Å²) in [5.41, 5.74) is 3.72. The normalized spacial score (nSPS) is 15.5. The van der Waals surface area contributed by atoms with E-state index in [9.17, 15) is 10.1 Å². The van der Waals surface area contributed by atoms with Crippen molar-refractivity contribution in [1.29, 1.82) is 0 Å². The van der Waals surface area contributed by atoms with Gasteiger partial charge in [-0.25, -0.2) is 9.97 Å². The number of anilines is 3. The van der Waals surface area contributed by atoms with Gasteiger partial charge in [-0.15, -0.1) is 0 Å². The highest BCUT2D eigenvalue weighted by Crippen LogP contribution is 2.40. The number of fused-ring (bicyclic) bond motifs is 1. The van der Waals surface area contributed by atoms with Crippen LogP contribution in [0.5, 0.6) is 5.75 Å². The number of benzene rings is 2. The number of aryl methyl sites for hydroxylation is 1. The van der Waals surface area contributed by atoms with Crippen molar-refractivity contribution in [2.45, 2.75) is 12.5 Å². The Morgan fingerprint density at radius 3 is 2.77 bits per heavy atom. The third-order valence-corrected chi connectivity index (χ3v) is 6.39. The van der Waals surface area contributed by atoms with Crippen LogP contribution in [0.1, 0.15) is 6.42 Å². The van der Waals surface area contributed by atoms with Gasteiger partial charge in [-0.1, -0.05) is 18.2 Å². The van der Waals surface area contributed by atoms with Gasteiger partial charge in [0.2, 0.25) is 5.95 Å². The molecule has 35 heavy (non-hydrogen) atoms. The molecule has 1 aliphatic rings. The molecule has 0 radical (unpaired) electrons. The lowest BCUT2D eigenvalue weighted by Crippen LogP contribution is -2.23. The fraction of sp³-hybridized carbons (Fsp3) is 0.280. The zero-order valence-corrected chi connectivity index (χ0v) is 19.8. The summed E-state index contributed by atoms with van der Waals surface area (Å²) in [6.45, 7) is 1.26. The van der Waals surface area contributed by atoms with E-state index in [0.29, 0.717) is 36.2 Å². The number of hydrogen-bond acceptors (Lipinski definition) is 8. The molecule has 1 saturated heterocycles. The van der Waals surface area contributed by atoms with Crippen LogP contribution in [0.25, 0.3) is 22.2 Å². The lowest BCUT2D eigenvalue weighted by Gasteiger charge is -2.20. The van der Waals surface area contributed by atoms with Crippen LogP contribution in [0, 0.1) is 10.1 Å². The highest BCUT2D eigenvalue weighted by atomic mass is 16.6. The maximum atomic E-state index is 11.9. The molecule has 0 aliphatic carbocycles. The van der Waals surface area contributed by atoms with Crippen LogP contribution in [-0.2, 0) is 11.8 Å². The highest BCUT2D eigenvalue weighted by Gasteiger charge is 2.29. The number of para-hydroxylation sites is 1. The summed E-state index contributed by atoms with van der Waals surface area (Å²) in [6.07, 6.45) is 4.55. The maximum Gasteiger partial charge on any atom is 0.294 e. The summed E-state index contributed by atoms with van der Waals surface area (Å²) in [4.78, 5) is 22.5. The molecule has 0 bridgehead atoms. The molecule has 2 aromatic carbocycles. The molecule has 1 atom stereocenters. The van der Waals surface area contributed by atoms with E-state index in [0.717, 1.165) is 28.6 Å². The van der Waals surface area contributed by atoms with Gasteiger partial charge in [0.05, 0.1) is 29.5 Å². The average molecular weight is 475 g/mol. The lowest BCUT2D eigenvalue weighted by atomic mass is 10.1. The summed E-state index contributed by atoms with van der Waals surface area (Å²) < 4.78 is 13.1. The van der Waals surface area contributed by atoms with Crippen molar-refractivity contribution in [3.8, 4) is 17.0 Å². The van der Waals surface area contributed by atoms with Crippen LogP contribution in [0.15, 0.2) is 54.9 Å². The SMILES string of the molecule is COc1cc(N2CCC(OC)C2)c([N+](=O)[O-])cc1Nc1nccc(-c2cn(C)c3ccccc23)n1. The molecule has 0 amide bonds. The second kappa shape index (κ2) is 9.22. The van der Waals surface area contributed by atoms with Gasteiger partial charge in [0, 0.05) is 68.2 Å². The zero-order chi connectivity index (χ0) is 24.5. The average Bonchev–Trinajstić information content (AvgIpc) is 3.49. The number of nitrogens with zero attached hydrogens (tertiary/aromatic N) is 5. The predicted molar refractivity (Wildman–Crippen MR) is 135 cm³/mol. The lowest BCUT2D eigenvalue weighted by molar-refractivity contribution is -0.384. The van der Waals surface area contributed by atoms with E-state index in [1.165, 1.54) is 13.2 Å². The molecule has 10 nitrogen and oxygen atoms in total. The van der Waals surface area contributed by atoms with Crippen LogP contribution in [-0.4, -0.2) is 52.9 Å². The largest absolute Gasteiger partial charge is 0.494 e. The Hall–Kier alpha value is -4.18. The molecule has 10 heteroatoms. The van der Waals surface area contributed by atoms with Crippen molar-refractivity contribution < 1.29 is 14.4 Å². The summed E-state index contributed by atoms with van der Waals surface area (Å²) in [5, 5.41) is 16.1. The van der Waals surface area contributed by atoms with Crippen molar-refractivity contribution >= 4 is 33.9 Å².